The van der Waals surface area contributed by atoms with Gasteiger partial charge in [0.1, 0.15) is 5.82 Å². The fourth-order valence-corrected chi connectivity index (χ4v) is 2.64. The molecule has 0 spiro atoms. The van der Waals surface area contributed by atoms with Crippen LogP contribution in [0, 0.1) is 16.3 Å². The first-order valence-electron chi connectivity index (χ1n) is 7.57. The van der Waals surface area contributed by atoms with Crippen LogP contribution in [0.15, 0.2) is 47.6 Å². The van der Waals surface area contributed by atoms with Crippen molar-refractivity contribution in [2.24, 2.45) is 5.10 Å². The number of hydrogen-bond donors (Lipinski definition) is 2. The molecule has 0 saturated carbocycles. The van der Waals surface area contributed by atoms with Crippen LogP contribution in [0.4, 0.5) is 10.1 Å². The first-order chi connectivity index (χ1) is 11.9. The van der Waals surface area contributed by atoms with E-state index < -0.39 is 0 Å². The molecule has 130 valence electrons. The van der Waals surface area contributed by atoms with Crippen LogP contribution in [0.25, 0.3) is 0 Å². The Bertz CT molecular complexity index is 791. The van der Waals surface area contributed by atoms with Gasteiger partial charge in [-0.2, -0.15) is 5.10 Å². The number of nitrogens with zero attached hydrogens (tertiary/aromatic N) is 1. The van der Waals surface area contributed by atoms with Gasteiger partial charge in [0.15, 0.2) is 0 Å². The average molecular weight is 453 g/mol. The lowest BCUT2D eigenvalue weighted by atomic mass is 10.2. The van der Waals surface area contributed by atoms with Crippen LogP contribution >= 0.6 is 22.6 Å². The van der Waals surface area contributed by atoms with E-state index in [4.69, 9.17) is 0 Å². The zero-order valence-electron chi connectivity index (χ0n) is 13.6. The van der Waals surface area contributed by atoms with E-state index in [1.165, 1.54) is 18.3 Å². The van der Waals surface area contributed by atoms with E-state index in [9.17, 15) is 14.0 Å². The van der Waals surface area contributed by atoms with E-state index in [2.05, 4.69) is 38.4 Å². The third-order valence-electron chi connectivity index (χ3n) is 3.31. The minimum atomic E-state index is -0.368. The number of nitrogens with one attached hydrogen (secondary N) is 2. The monoisotopic (exact) mass is 453 g/mol. The maximum absolute atomic E-state index is 12.8. The standard InChI is InChI=1S/C18H17FIN3O2/c1-12-10-15(20)6-7-16(12)22-17(24)8-9-18(25)23-21-11-13-2-4-14(19)5-3-13/h2-7,10-11H,8-9H2,1H3,(H,22,24)(H,23,25)/b21-11-. The van der Waals surface area contributed by atoms with Crippen molar-refractivity contribution in [3.8, 4) is 0 Å². The lowest BCUT2D eigenvalue weighted by Gasteiger charge is -2.08. The largest absolute Gasteiger partial charge is 0.326 e. The summed E-state index contributed by atoms with van der Waals surface area (Å²) in [7, 11) is 0. The summed E-state index contributed by atoms with van der Waals surface area (Å²) in [6.45, 7) is 1.91. The number of hydrazone groups is 1. The van der Waals surface area contributed by atoms with Gasteiger partial charge in [0, 0.05) is 22.1 Å². The van der Waals surface area contributed by atoms with Gasteiger partial charge < -0.3 is 5.32 Å². The molecule has 0 aliphatic heterocycles. The fraction of sp³-hybridized carbons (Fsp3) is 0.167. The van der Waals surface area contributed by atoms with Crippen LogP contribution in [0.1, 0.15) is 24.0 Å². The molecule has 0 fully saturated rings. The number of anilines is 1. The highest BCUT2D eigenvalue weighted by Crippen LogP contribution is 2.17. The Kier molecular flexibility index (Phi) is 7.05. The van der Waals surface area contributed by atoms with Crippen molar-refractivity contribution >= 4 is 46.3 Å². The first-order valence-corrected chi connectivity index (χ1v) is 8.65. The average Bonchev–Trinajstić information content (AvgIpc) is 2.57. The van der Waals surface area contributed by atoms with E-state index in [-0.39, 0.29) is 30.5 Å². The SMILES string of the molecule is Cc1cc(I)ccc1NC(=O)CCC(=O)N/N=C\c1ccc(F)cc1. The Labute approximate surface area is 158 Å². The van der Waals surface area contributed by atoms with Crippen molar-refractivity contribution in [3.05, 3.63) is 63.0 Å². The summed E-state index contributed by atoms with van der Waals surface area (Å²) in [5.74, 6) is -0.939. The molecule has 5 nitrogen and oxygen atoms in total. The molecule has 0 aromatic heterocycles. The summed E-state index contributed by atoms with van der Waals surface area (Å²) >= 11 is 2.20. The zero-order valence-corrected chi connectivity index (χ0v) is 15.7. The first kappa shape index (κ1) is 19.0. The highest BCUT2D eigenvalue weighted by atomic mass is 127. The lowest BCUT2D eigenvalue weighted by Crippen LogP contribution is -2.20. The van der Waals surface area contributed by atoms with Gasteiger partial charge in [0.25, 0.3) is 0 Å². The molecule has 0 saturated heterocycles. The number of benzene rings is 2. The lowest BCUT2D eigenvalue weighted by molar-refractivity contribution is -0.124. The van der Waals surface area contributed by atoms with Crippen LogP contribution in [-0.2, 0) is 9.59 Å². The summed E-state index contributed by atoms with van der Waals surface area (Å²) in [4.78, 5) is 23.6. The molecule has 2 N–H and O–H groups in total. The quantitative estimate of drug-likeness (QED) is 0.399. The molecule has 0 bridgehead atoms. The van der Waals surface area contributed by atoms with Crippen molar-refractivity contribution in [1.82, 2.24) is 5.43 Å². The molecule has 0 aliphatic carbocycles. The summed E-state index contributed by atoms with van der Waals surface area (Å²) in [5.41, 5.74) is 4.70. The van der Waals surface area contributed by atoms with Crippen LogP contribution in [0.2, 0.25) is 0 Å². The zero-order chi connectivity index (χ0) is 18.2. The summed E-state index contributed by atoms with van der Waals surface area (Å²) in [6.07, 6.45) is 1.49. The molecule has 2 aromatic rings. The minimum Gasteiger partial charge on any atom is -0.326 e. The second-order valence-corrected chi connectivity index (χ2v) is 6.60. The second kappa shape index (κ2) is 9.26. The topological polar surface area (TPSA) is 70.6 Å². The normalized spacial score (nSPS) is 10.7. The molecule has 2 aromatic carbocycles. The van der Waals surface area contributed by atoms with Crippen LogP contribution in [-0.4, -0.2) is 18.0 Å². The number of amides is 2. The Balaban J connectivity index is 1.75. The van der Waals surface area contributed by atoms with Gasteiger partial charge in [-0.1, -0.05) is 12.1 Å². The van der Waals surface area contributed by atoms with Crippen LogP contribution in [0.5, 0.6) is 0 Å². The Morgan fingerprint density at radius 2 is 1.80 bits per heavy atom. The van der Waals surface area contributed by atoms with E-state index >= 15 is 0 Å². The van der Waals surface area contributed by atoms with Crippen molar-refractivity contribution in [1.29, 1.82) is 0 Å². The molecule has 0 radical (unpaired) electrons. The van der Waals surface area contributed by atoms with Gasteiger partial charge in [-0.05, 0) is 71.0 Å². The number of carbonyl (C=O) groups is 2. The Morgan fingerprint density at radius 1 is 1.12 bits per heavy atom. The summed E-state index contributed by atoms with van der Waals surface area (Å²) < 4.78 is 13.9. The van der Waals surface area contributed by atoms with Crippen molar-refractivity contribution in [2.45, 2.75) is 19.8 Å². The molecule has 0 heterocycles. The molecule has 0 atom stereocenters. The van der Waals surface area contributed by atoms with Gasteiger partial charge in [0.2, 0.25) is 11.8 Å². The molecule has 2 amide bonds. The second-order valence-electron chi connectivity index (χ2n) is 5.35. The van der Waals surface area contributed by atoms with Crippen LogP contribution < -0.4 is 10.7 Å². The van der Waals surface area contributed by atoms with Crippen molar-refractivity contribution in [3.63, 3.8) is 0 Å². The molecule has 2 rings (SSSR count). The highest BCUT2D eigenvalue weighted by molar-refractivity contribution is 14.1. The third-order valence-corrected chi connectivity index (χ3v) is 3.99. The smallest absolute Gasteiger partial charge is 0.240 e. The molecular weight excluding hydrogens is 436 g/mol. The van der Waals surface area contributed by atoms with E-state index in [0.717, 1.165) is 14.8 Å². The predicted octanol–water partition coefficient (Wildman–Crippen LogP) is 3.61. The van der Waals surface area contributed by atoms with Crippen molar-refractivity contribution in [2.75, 3.05) is 5.32 Å². The van der Waals surface area contributed by atoms with Gasteiger partial charge in [-0.25, -0.2) is 9.82 Å². The molecule has 25 heavy (non-hydrogen) atoms. The van der Waals surface area contributed by atoms with E-state index in [0.29, 0.717) is 5.56 Å². The minimum absolute atomic E-state index is 0.0238. The number of aryl methyl sites for hydroxylation is 1. The maximum Gasteiger partial charge on any atom is 0.240 e. The van der Waals surface area contributed by atoms with Gasteiger partial charge in [0.05, 0.1) is 6.21 Å². The van der Waals surface area contributed by atoms with E-state index in [1.54, 1.807) is 12.1 Å². The molecule has 7 heteroatoms. The summed E-state index contributed by atoms with van der Waals surface area (Å²) in [5, 5.41) is 6.56. The number of carbonyl (C=O) groups excluding carboxylic acids is 2. The predicted molar refractivity (Wildman–Crippen MR) is 104 cm³/mol. The fourth-order valence-electron chi connectivity index (χ4n) is 1.99. The van der Waals surface area contributed by atoms with Crippen LogP contribution in [0.3, 0.4) is 0 Å². The number of halogens is 2. The van der Waals surface area contributed by atoms with E-state index in [1.807, 2.05) is 25.1 Å². The molecule has 0 unspecified atom stereocenters. The maximum atomic E-state index is 12.8. The Hall–Kier alpha value is -2.29. The number of hydrogen-bond acceptors (Lipinski definition) is 3. The van der Waals surface area contributed by atoms with Gasteiger partial charge in [-0.15, -0.1) is 0 Å². The number of rotatable bonds is 6. The summed E-state index contributed by atoms with van der Waals surface area (Å²) in [6, 6.07) is 11.4. The Morgan fingerprint density at radius 3 is 2.48 bits per heavy atom. The van der Waals surface area contributed by atoms with Crippen molar-refractivity contribution < 1.29 is 14.0 Å². The third kappa shape index (κ3) is 6.61. The van der Waals surface area contributed by atoms with Gasteiger partial charge in [-0.3, -0.25) is 9.59 Å². The van der Waals surface area contributed by atoms with Gasteiger partial charge >= 0.3 is 0 Å². The highest BCUT2D eigenvalue weighted by Gasteiger charge is 2.08. The molecule has 0 aliphatic rings. The molecular formula is C18H17FIN3O2.